The van der Waals surface area contributed by atoms with E-state index in [1.807, 2.05) is 48.3 Å². The summed E-state index contributed by atoms with van der Waals surface area (Å²) in [6.07, 6.45) is 0. The third kappa shape index (κ3) is 7.03. The molecule has 134 valence electrons. The number of likely N-dealkylation sites (N-methyl/N-ethyl adjacent to an activating group) is 1. The minimum absolute atomic E-state index is 0.0233. The Hall–Kier alpha value is -2.24. The Morgan fingerprint density at radius 3 is 2.36 bits per heavy atom. The van der Waals surface area contributed by atoms with Crippen molar-refractivity contribution in [3.05, 3.63) is 59.1 Å². The predicted octanol–water partition coefficient (Wildman–Crippen LogP) is 2.98. The van der Waals surface area contributed by atoms with Crippen molar-refractivity contribution in [2.24, 2.45) is 0 Å². The van der Waals surface area contributed by atoms with Crippen molar-refractivity contribution >= 4 is 17.5 Å². The van der Waals surface area contributed by atoms with Crippen LogP contribution in [0, 0.1) is 0 Å². The normalized spacial score (nSPS) is 10.6. The molecule has 0 spiro atoms. The van der Waals surface area contributed by atoms with Gasteiger partial charge in [0.25, 0.3) is 0 Å². The van der Waals surface area contributed by atoms with Gasteiger partial charge < -0.3 is 14.8 Å². The molecule has 0 saturated heterocycles. The molecule has 5 nitrogen and oxygen atoms in total. The molecule has 0 radical (unpaired) electrons. The van der Waals surface area contributed by atoms with Gasteiger partial charge in [0.2, 0.25) is 5.91 Å². The standard InChI is InChI=1S/C19H23ClN2O3/c1-22(11-12-25-18-9-5-16(20)6-10-18)14-19(23)21-13-15-3-7-17(24-2)8-4-15/h3-10H,11-14H2,1-2H3,(H,21,23). The van der Waals surface area contributed by atoms with Gasteiger partial charge in [0.05, 0.1) is 13.7 Å². The van der Waals surface area contributed by atoms with Crippen molar-refractivity contribution in [1.29, 1.82) is 0 Å². The zero-order chi connectivity index (χ0) is 18.1. The quantitative estimate of drug-likeness (QED) is 0.745. The van der Waals surface area contributed by atoms with E-state index in [4.69, 9.17) is 21.1 Å². The average Bonchev–Trinajstić information content (AvgIpc) is 2.62. The van der Waals surface area contributed by atoms with E-state index in [1.54, 1.807) is 19.2 Å². The third-order valence-electron chi connectivity index (χ3n) is 3.62. The Bertz CT molecular complexity index is 659. The molecule has 0 aliphatic carbocycles. The number of nitrogens with one attached hydrogen (secondary N) is 1. The number of methoxy groups -OCH3 is 1. The summed E-state index contributed by atoms with van der Waals surface area (Å²) >= 11 is 5.83. The van der Waals surface area contributed by atoms with Gasteiger partial charge in [0.15, 0.2) is 0 Å². The first-order valence-corrected chi connectivity index (χ1v) is 8.41. The maximum absolute atomic E-state index is 12.0. The fourth-order valence-electron chi connectivity index (χ4n) is 2.17. The number of nitrogens with zero attached hydrogens (tertiary/aromatic N) is 1. The number of halogens is 1. The van der Waals surface area contributed by atoms with Crippen molar-refractivity contribution in [2.45, 2.75) is 6.54 Å². The molecule has 2 aromatic carbocycles. The van der Waals surface area contributed by atoms with Crippen LogP contribution in [0.4, 0.5) is 0 Å². The Labute approximate surface area is 153 Å². The van der Waals surface area contributed by atoms with Gasteiger partial charge in [-0.2, -0.15) is 0 Å². The van der Waals surface area contributed by atoms with E-state index in [9.17, 15) is 4.79 Å². The molecule has 0 bridgehead atoms. The first-order valence-electron chi connectivity index (χ1n) is 8.03. The van der Waals surface area contributed by atoms with Gasteiger partial charge >= 0.3 is 0 Å². The molecule has 0 aromatic heterocycles. The second kappa shape index (κ2) is 9.91. The monoisotopic (exact) mass is 362 g/mol. The van der Waals surface area contributed by atoms with E-state index in [1.165, 1.54) is 0 Å². The van der Waals surface area contributed by atoms with Crippen LogP contribution in [0.1, 0.15) is 5.56 Å². The smallest absolute Gasteiger partial charge is 0.234 e. The van der Waals surface area contributed by atoms with Gasteiger partial charge in [-0.15, -0.1) is 0 Å². The molecule has 0 heterocycles. The van der Waals surface area contributed by atoms with Crippen LogP contribution in [-0.2, 0) is 11.3 Å². The highest BCUT2D eigenvalue weighted by Gasteiger charge is 2.06. The maximum Gasteiger partial charge on any atom is 0.234 e. The lowest BCUT2D eigenvalue weighted by Gasteiger charge is -2.16. The Morgan fingerprint density at radius 2 is 1.72 bits per heavy atom. The van der Waals surface area contributed by atoms with Crippen molar-refractivity contribution in [2.75, 3.05) is 33.9 Å². The number of ether oxygens (including phenoxy) is 2. The molecule has 0 aliphatic heterocycles. The lowest BCUT2D eigenvalue weighted by Crippen LogP contribution is -2.36. The zero-order valence-corrected chi connectivity index (χ0v) is 15.3. The molecule has 0 aliphatic rings. The molecular formula is C19H23ClN2O3. The van der Waals surface area contributed by atoms with Crippen LogP contribution in [0.15, 0.2) is 48.5 Å². The van der Waals surface area contributed by atoms with E-state index >= 15 is 0 Å². The van der Waals surface area contributed by atoms with Crippen LogP contribution < -0.4 is 14.8 Å². The Balaban J connectivity index is 1.64. The summed E-state index contributed by atoms with van der Waals surface area (Å²) in [4.78, 5) is 13.9. The van der Waals surface area contributed by atoms with Crippen LogP contribution >= 0.6 is 11.6 Å². The van der Waals surface area contributed by atoms with Crippen LogP contribution in [-0.4, -0.2) is 44.7 Å². The predicted molar refractivity (Wildman–Crippen MR) is 99.3 cm³/mol. The van der Waals surface area contributed by atoms with Gasteiger partial charge in [-0.1, -0.05) is 23.7 Å². The molecule has 0 atom stereocenters. The molecule has 0 saturated carbocycles. The second-order valence-corrected chi connectivity index (χ2v) is 6.10. The van der Waals surface area contributed by atoms with Gasteiger partial charge in [0, 0.05) is 18.1 Å². The Morgan fingerprint density at radius 1 is 1.08 bits per heavy atom. The maximum atomic E-state index is 12.0. The van der Waals surface area contributed by atoms with Crippen LogP contribution in [0.5, 0.6) is 11.5 Å². The van der Waals surface area contributed by atoms with Crippen molar-refractivity contribution < 1.29 is 14.3 Å². The third-order valence-corrected chi connectivity index (χ3v) is 3.87. The SMILES string of the molecule is COc1ccc(CNC(=O)CN(C)CCOc2ccc(Cl)cc2)cc1. The molecule has 1 amide bonds. The summed E-state index contributed by atoms with van der Waals surface area (Å²) in [6.45, 7) is 1.97. The molecule has 25 heavy (non-hydrogen) atoms. The molecular weight excluding hydrogens is 340 g/mol. The van der Waals surface area contributed by atoms with Crippen LogP contribution in [0.2, 0.25) is 5.02 Å². The van der Waals surface area contributed by atoms with Crippen LogP contribution in [0.25, 0.3) is 0 Å². The highest BCUT2D eigenvalue weighted by Crippen LogP contribution is 2.15. The fraction of sp³-hybridized carbons (Fsp3) is 0.316. The van der Waals surface area contributed by atoms with Crippen LogP contribution in [0.3, 0.4) is 0 Å². The number of hydrogen-bond acceptors (Lipinski definition) is 4. The summed E-state index contributed by atoms with van der Waals surface area (Å²) in [5.41, 5.74) is 1.03. The molecule has 2 rings (SSSR count). The number of carbonyl (C=O) groups is 1. The lowest BCUT2D eigenvalue weighted by molar-refractivity contribution is -0.122. The summed E-state index contributed by atoms with van der Waals surface area (Å²) in [5.74, 6) is 1.54. The average molecular weight is 363 g/mol. The summed E-state index contributed by atoms with van der Waals surface area (Å²) in [7, 11) is 3.52. The van der Waals surface area contributed by atoms with Gasteiger partial charge in [-0.25, -0.2) is 0 Å². The summed E-state index contributed by atoms with van der Waals surface area (Å²) in [5, 5.41) is 3.58. The topological polar surface area (TPSA) is 50.8 Å². The van der Waals surface area contributed by atoms with Gasteiger partial charge in [-0.3, -0.25) is 9.69 Å². The Kier molecular flexibility index (Phi) is 7.57. The minimum Gasteiger partial charge on any atom is -0.497 e. The van der Waals surface area contributed by atoms with E-state index in [0.717, 1.165) is 17.1 Å². The molecule has 1 N–H and O–H groups in total. The number of rotatable bonds is 9. The number of amides is 1. The highest BCUT2D eigenvalue weighted by atomic mass is 35.5. The summed E-state index contributed by atoms with van der Waals surface area (Å²) < 4.78 is 10.7. The highest BCUT2D eigenvalue weighted by molar-refractivity contribution is 6.30. The first kappa shape index (κ1) is 19.1. The number of benzene rings is 2. The first-order chi connectivity index (χ1) is 12.1. The zero-order valence-electron chi connectivity index (χ0n) is 14.5. The second-order valence-electron chi connectivity index (χ2n) is 5.66. The minimum atomic E-state index is -0.0233. The molecule has 0 fully saturated rings. The number of hydrogen-bond donors (Lipinski definition) is 1. The summed E-state index contributed by atoms with van der Waals surface area (Å²) in [6, 6.07) is 14.8. The largest absolute Gasteiger partial charge is 0.497 e. The van der Waals surface area contributed by atoms with Gasteiger partial charge in [0.1, 0.15) is 18.1 Å². The van der Waals surface area contributed by atoms with Crippen molar-refractivity contribution in [3.8, 4) is 11.5 Å². The molecule has 6 heteroatoms. The van der Waals surface area contributed by atoms with E-state index in [2.05, 4.69) is 5.32 Å². The lowest BCUT2D eigenvalue weighted by atomic mass is 10.2. The van der Waals surface area contributed by atoms with E-state index in [0.29, 0.717) is 31.3 Å². The molecule has 0 unspecified atom stereocenters. The van der Waals surface area contributed by atoms with Crippen molar-refractivity contribution in [1.82, 2.24) is 10.2 Å². The van der Waals surface area contributed by atoms with E-state index < -0.39 is 0 Å². The van der Waals surface area contributed by atoms with Crippen molar-refractivity contribution in [3.63, 3.8) is 0 Å². The fourth-order valence-corrected chi connectivity index (χ4v) is 2.30. The van der Waals surface area contributed by atoms with E-state index in [-0.39, 0.29) is 5.91 Å². The molecule has 2 aromatic rings. The number of carbonyl (C=O) groups excluding carboxylic acids is 1. The van der Waals surface area contributed by atoms with Gasteiger partial charge in [-0.05, 0) is 49.0 Å².